The Morgan fingerprint density at radius 2 is 1.81 bits per heavy atom. The summed E-state index contributed by atoms with van der Waals surface area (Å²) < 4.78 is 1.53. The van der Waals surface area contributed by atoms with Gasteiger partial charge in [-0.15, -0.1) is 0 Å². The molecule has 0 spiro atoms. The van der Waals surface area contributed by atoms with E-state index in [1.54, 1.807) is 24.1 Å². The Morgan fingerprint density at radius 3 is 2.50 bits per heavy atom. The highest BCUT2D eigenvalue weighted by molar-refractivity contribution is 7.10. The lowest BCUT2D eigenvalue weighted by molar-refractivity contribution is -0.118. The zero-order valence-electron chi connectivity index (χ0n) is 13.8. The molecule has 0 unspecified atom stereocenters. The van der Waals surface area contributed by atoms with Gasteiger partial charge >= 0.3 is 4.87 Å². The van der Waals surface area contributed by atoms with Gasteiger partial charge in [0, 0.05) is 29.4 Å². The van der Waals surface area contributed by atoms with Gasteiger partial charge in [-0.05, 0) is 29.8 Å². The van der Waals surface area contributed by atoms with Crippen molar-refractivity contribution in [3.8, 4) is 0 Å². The summed E-state index contributed by atoms with van der Waals surface area (Å²) in [5.74, 6) is 0.271. The summed E-state index contributed by atoms with van der Waals surface area (Å²) in [5, 5.41) is 1.03. The molecule has 3 aromatic rings. The second-order valence-corrected chi connectivity index (χ2v) is 7.94. The van der Waals surface area contributed by atoms with E-state index in [9.17, 15) is 9.59 Å². The number of fused-ring (bicyclic) bond motifs is 1. The van der Waals surface area contributed by atoms with Crippen molar-refractivity contribution in [1.82, 2.24) is 4.57 Å². The van der Waals surface area contributed by atoms with Crippen molar-refractivity contribution in [2.24, 2.45) is 7.05 Å². The molecule has 1 aromatic heterocycles. The molecule has 132 valence electrons. The van der Waals surface area contributed by atoms with Crippen LogP contribution in [0.2, 0.25) is 10.0 Å². The summed E-state index contributed by atoms with van der Waals surface area (Å²) in [7, 11) is 1.69. The van der Waals surface area contributed by atoms with Crippen LogP contribution in [0.15, 0.2) is 53.3 Å². The summed E-state index contributed by atoms with van der Waals surface area (Å²) in [6, 6.07) is 14.6. The second kappa shape index (κ2) is 6.58. The van der Waals surface area contributed by atoms with E-state index < -0.39 is 0 Å². The van der Waals surface area contributed by atoms with Gasteiger partial charge in [-0.3, -0.25) is 19.1 Å². The molecule has 0 saturated heterocycles. The van der Waals surface area contributed by atoms with E-state index in [0.717, 1.165) is 27.5 Å². The monoisotopic (exact) mass is 404 g/mol. The number of hydrogen-bond acceptors (Lipinski definition) is 3. The smallest absolute Gasteiger partial charge is 0.288 e. The normalized spacial score (nSPS) is 16.7. The maximum absolute atomic E-state index is 13.0. The van der Waals surface area contributed by atoms with Gasteiger partial charge in [-0.1, -0.05) is 58.8 Å². The van der Waals surface area contributed by atoms with E-state index in [1.807, 2.05) is 36.4 Å². The molecule has 0 radical (unpaired) electrons. The molecule has 0 fully saturated rings. The number of para-hydroxylation sites is 1. The molecule has 1 amide bonds. The number of nitrogens with zero attached hydrogens (tertiary/aromatic N) is 2. The largest absolute Gasteiger partial charge is 0.308 e. The van der Waals surface area contributed by atoms with Gasteiger partial charge in [0.15, 0.2) is 0 Å². The average Bonchev–Trinajstić information content (AvgIpc) is 2.91. The molecule has 4 nitrogen and oxygen atoms in total. The number of rotatable bonds is 2. The zero-order valence-corrected chi connectivity index (χ0v) is 16.1. The standard InChI is InChI=1S/C19H14Cl2N2O2S/c1-22-18-17(26-19(22)25)14(13-8-7-11(20)9-15(13)21)10-16(24)23(18)12-5-3-2-4-6-12/h2-9,14H,10H2,1H3/t14-/m0/s1. The predicted octanol–water partition coefficient (Wildman–Crippen LogP) is 4.95. The SMILES string of the molecule is Cn1c2c(sc1=O)[C@H](c1ccc(Cl)cc1Cl)CC(=O)N2c1ccccc1. The van der Waals surface area contributed by atoms with Crippen LogP contribution in [0.5, 0.6) is 0 Å². The molecule has 1 aliphatic rings. The van der Waals surface area contributed by atoms with Crippen molar-refractivity contribution in [2.75, 3.05) is 4.90 Å². The molecule has 0 N–H and O–H groups in total. The average molecular weight is 405 g/mol. The highest BCUT2D eigenvalue weighted by Gasteiger charge is 2.37. The number of benzene rings is 2. The Morgan fingerprint density at radius 1 is 1.08 bits per heavy atom. The lowest BCUT2D eigenvalue weighted by Crippen LogP contribution is -2.34. The summed E-state index contributed by atoms with van der Waals surface area (Å²) in [5.41, 5.74) is 1.55. The van der Waals surface area contributed by atoms with Crippen molar-refractivity contribution in [1.29, 1.82) is 0 Å². The fraction of sp³-hybridized carbons (Fsp3) is 0.158. The van der Waals surface area contributed by atoms with E-state index in [4.69, 9.17) is 23.2 Å². The van der Waals surface area contributed by atoms with Crippen molar-refractivity contribution >= 4 is 52.0 Å². The number of halogens is 2. The molecule has 26 heavy (non-hydrogen) atoms. The second-order valence-electron chi connectivity index (χ2n) is 6.10. The Kier molecular flexibility index (Phi) is 4.39. The van der Waals surface area contributed by atoms with Gasteiger partial charge in [0.1, 0.15) is 5.82 Å². The highest BCUT2D eigenvalue weighted by Crippen LogP contribution is 2.46. The number of aromatic nitrogens is 1. The van der Waals surface area contributed by atoms with Crippen LogP contribution in [0.4, 0.5) is 11.5 Å². The minimum absolute atomic E-state index is 0.0758. The molecule has 0 bridgehead atoms. The lowest BCUT2D eigenvalue weighted by Gasteiger charge is -2.32. The van der Waals surface area contributed by atoms with Gasteiger partial charge in [0.25, 0.3) is 0 Å². The first-order valence-corrected chi connectivity index (χ1v) is 9.57. The van der Waals surface area contributed by atoms with Crippen LogP contribution >= 0.6 is 34.5 Å². The number of carbonyl (C=O) groups is 1. The van der Waals surface area contributed by atoms with Crippen LogP contribution in [0, 0.1) is 0 Å². The van der Waals surface area contributed by atoms with Crippen LogP contribution in [0.1, 0.15) is 22.8 Å². The van der Waals surface area contributed by atoms with Crippen molar-refractivity contribution in [2.45, 2.75) is 12.3 Å². The van der Waals surface area contributed by atoms with Crippen molar-refractivity contribution < 1.29 is 4.79 Å². The van der Waals surface area contributed by atoms with Gasteiger partial charge in [-0.25, -0.2) is 0 Å². The topological polar surface area (TPSA) is 42.3 Å². The van der Waals surface area contributed by atoms with Gasteiger partial charge in [-0.2, -0.15) is 0 Å². The predicted molar refractivity (Wildman–Crippen MR) is 106 cm³/mol. The molecule has 2 aromatic carbocycles. The Labute approximate surface area is 164 Å². The van der Waals surface area contributed by atoms with Crippen LogP contribution in [-0.2, 0) is 11.8 Å². The number of anilines is 2. The molecule has 7 heteroatoms. The molecule has 2 heterocycles. The Hall–Kier alpha value is -2.08. The third kappa shape index (κ3) is 2.76. The van der Waals surface area contributed by atoms with E-state index in [1.165, 1.54) is 4.57 Å². The summed E-state index contributed by atoms with van der Waals surface area (Å²) in [6.07, 6.45) is 0.239. The van der Waals surface area contributed by atoms with E-state index >= 15 is 0 Å². The fourth-order valence-electron chi connectivity index (χ4n) is 3.30. The Bertz CT molecular complexity index is 1060. The number of hydrogen-bond donors (Lipinski definition) is 0. The fourth-order valence-corrected chi connectivity index (χ4v) is 4.93. The summed E-state index contributed by atoms with van der Waals surface area (Å²) >= 11 is 13.5. The third-order valence-corrected chi connectivity index (χ3v) is 6.22. The van der Waals surface area contributed by atoms with Gasteiger partial charge in [0.2, 0.25) is 5.91 Å². The van der Waals surface area contributed by atoms with Gasteiger partial charge < -0.3 is 0 Å². The van der Waals surface area contributed by atoms with E-state index in [0.29, 0.717) is 15.9 Å². The first kappa shape index (κ1) is 17.3. The third-order valence-electron chi connectivity index (χ3n) is 4.52. The highest BCUT2D eigenvalue weighted by atomic mass is 35.5. The number of amides is 1. The quantitative estimate of drug-likeness (QED) is 0.605. The van der Waals surface area contributed by atoms with Crippen molar-refractivity contribution in [3.63, 3.8) is 0 Å². The maximum atomic E-state index is 13.0. The van der Waals surface area contributed by atoms with Crippen LogP contribution < -0.4 is 9.77 Å². The molecular weight excluding hydrogens is 391 g/mol. The van der Waals surface area contributed by atoms with Crippen molar-refractivity contribution in [3.05, 3.63) is 78.7 Å². The number of carbonyl (C=O) groups excluding carboxylic acids is 1. The first-order chi connectivity index (χ1) is 12.5. The maximum Gasteiger partial charge on any atom is 0.308 e. The first-order valence-electron chi connectivity index (χ1n) is 8.00. The molecular formula is C19H14Cl2N2O2S. The van der Waals surface area contributed by atoms with Gasteiger partial charge in [0.05, 0.1) is 10.6 Å². The van der Waals surface area contributed by atoms with Crippen LogP contribution in [0.25, 0.3) is 0 Å². The molecule has 1 atom stereocenters. The molecule has 1 aliphatic heterocycles. The molecule has 0 aliphatic carbocycles. The van der Waals surface area contributed by atoms with Crippen LogP contribution in [0.3, 0.4) is 0 Å². The minimum Gasteiger partial charge on any atom is -0.288 e. The van der Waals surface area contributed by atoms with E-state index in [2.05, 4.69) is 0 Å². The van der Waals surface area contributed by atoms with Crippen LogP contribution in [-0.4, -0.2) is 10.5 Å². The van der Waals surface area contributed by atoms with E-state index in [-0.39, 0.29) is 23.1 Å². The summed E-state index contributed by atoms with van der Waals surface area (Å²) in [4.78, 5) is 27.8. The number of thiazole rings is 1. The Balaban J connectivity index is 1.92. The minimum atomic E-state index is -0.263. The molecule has 4 rings (SSSR count). The lowest BCUT2D eigenvalue weighted by atomic mass is 9.90. The zero-order chi connectivity index (χ0) is 18.4. The molecule has 0 saturated carbocycles. The summed E-state index contributed by atoms with van der Waals surface area (Å²) in [6.45, 7) is 0.